The first-order chi connectivity index (χ1) is 6.51. The molecule has 1 aromatic rings. The van der Waals surface area contributed by atoms with Crippen LogP contribution in [0.1, 0.15) is 25.8 Å². The average molecular weight is 189 g/mol. The first-order valence-electron chi connectivity index (χ1n) is 4.76. The molecule has 0 radical (unpaired) electrons. The molecule has 0 saturated heterocycles. The van der Waals surface area contributed by atoms with Crippen molar-refractivity contribution in [3.63, 3.8) is 0 Å². The zero-order valence-electron chi connectivity index (χ0n) is 8.54. The maximum absolute atomic E-state index is 7.71. The molecule has 1 aromatic heterocycles. The van der Waals surface area contributed by atoms with Gasteiger partial charge in [0.1, 0.15) is 5.84 Å². The number of nitrogens with one attached hydrogen (secondary N) is 1. The minimum Gasteiger partial charge on any atom is -0.387 e. The number of nitrogens with two attached hydrogens (primary N) is 1. The lowest BCUT2D eigenvalue weighted by Gasteiger charge is -2.19. The normalized spacial score (nSPS) is 28.4. The van der Waals surface area contributed by atoms with Gasteiger partial charge in [0.2, 0.25) is 0 Å². The van der Waals surface area contributed by atoms with Gasteiger partial charge in [-0.05, 0) is 29.5 Å². The highest BCUT2D eigenvalue weighted by molar-refractivity contribution is 5.93. The first kappa shape index (κ1) is 9.19. The molecule has 0 bridgehead atoms. The summed E-state index contributed by atoms with van der Waals surface area (Å²) in [4.78, 5) is 3.98. The molecule has 0 spiro atoms. The quantitative estimate of drug-likeness (QED) is 0.549. The molecule has 1 unspecified atom stereocenters. The van der Waals surface area contributed by atoms with Gasteiger partial charge in [0.05, 0.1) is 5.41 Å². The minimum absolute atomic E-state index is 0.111. The van der Waals surface area contributed by atoms with Gasteiger partial charge in [0.25, 0.3) is 0 Å². The van der Waals surface area contributed by atoms with Crippen molar-refractivity contribution in [2.75, 3.05) is 0 Å². The van der Waals surface area contributed by atoms with E-state index in [1.807, 2.05) is 12.1 Å². The summed E-state index contributed by atoms with van der Waals surface area (Å²) in [6.45, 7) is 4.30. The molecule has 1 saturated carbocycles. The number of pyridine rings is 1. The van der Waals surface area contributed by atoms with Crippen molar-refractivity contribution in [2.45, 2.75) is 25.7 Å². The molecule has 3 nitrogen and oxygen atoms in total. The maximum atomic E-state index is 7.71. The number of rotatable bonds is 2. The van der Waals surface area contributed by atoms with E-state index in [0.717, 1.165) is 12.0 Å². The lowest BCUT2D eigenvalue weighted by atomic mass is 9.87. The second-order valence-electron chi connectivity index (χ2n) is 4.62. The van der Waals surface area contributed by atoms with Gasteiger partial charge >= 0.3 is 0 Å². The van der Waals surface area contributed by atoms with Gasteiger partial charge in [-0.25, -0.2) is 0 Å². The molecule has 0 amide bonds. The zero-order chi connectivity index (χ0) is 10.4. The van der Waals surface area contributed by atoms with E-state index >= 15 is 0 Å². The van der Waals surface area contributed by atoms with E-state index in [0.29, 0.717) is 0 Å². The molecular formula is C11H15N3. The highest BCUT2D eigenvalue weighted by Gasteiger charge is 2.64. The van der Waals surface area contributed by atoms with Crippen molar-refractivity contribution < 1.29 is 0 Å². The van der Waals surface area contributed by atoms with Crippen LogP contribution in [0.5, 0.6) is 0 Å². The average Bonchev–Trinajstić information content (AvgIpc) is 2.72. The molecule has 1 heterocycles. The van der Waals surface area contributed by atoms with Crippen LogP contribution in [-0.2, 0) is 5.41 Å². The van der Waals surface area contributed by atoms with E-state index in [2.05, 4.69) is 18.8 Å². The Morgan fingerprint density at radius 2 is 1.93 bits per heavy atom. The Hall–Kier alpha value is -1.38. The fraction of sp³-hybridized carbons (Fsp3) is 0.455. The summed E-state index contributed by atoms with van der Waals surface area (Å²) >= 11 is 0. The minimum atomic E-state index is -0.240. The third-order valence-corrected chi connectivity index (χ3v) is 3.37. The Balaban J connectivity index is 2.47. The summed E-state index contributed by atoms with van der Waals surface area (Å²) in [5.41, 5.74) is 6.69. The van der Waals surface area contributed by atoms with Crippen LogP contribution in [0.3, 0.4) is 0 Å². The van der Waals surface area contributed by atoms with Crippen LogP contribution in [0.25, 0.3) is 0 Å². The van der Waals surface area contributed by atoms with E-state index < -0.39 is 0 Å². The van der Waals surface area contributed by atoms with Crippen LogP contribution in [-0.4, -0.2) is 10.8 Å². The molecule has 0 aliphatic heterocycles. The fourth-order valence-corrected chi connectivity index (χ4v) is 2.36. The van der Waals surface area contributed by atoms with Crippen LogP contribution < -0.4 is 5.73 Å². The fourth-order valence-electron chi connectivity index (χ4n) is 2.36. The second-order valence-corrected chi connectivity index (χ2v) is 4.62. The van der Waals surface area contributed by atoms with Crippen molar-refractivity contribution >= 4 is 5.84 Å². The van der Waals surface area contributed by atoms with Crippen LogP contribution in [0, 0.1) is 10.8 Å². The van der Waals surface area contributed by atoms with E-state index in [9.17, 15) is 0 Å². The second kappa shape index (κ2) is 2.56. The van der Waals surface area contributed by atoms with Crippen molar-refractivity contribution in [3.8, 4) is 0 Å². The Bertz CT molecular complexity index is 369. The lowest BCUT2D eigenvalue weighted by molar-refractivity contribution is 0.577. The largest absolute Gasteiger partial charge is 0.387 e. The smallest absolute Gasteiger partial charge is 0.102 e. The third-order valence-electron chi connectivity index (χ3n) is 3.37. The predicted molar refractivity (Wildman–Crippen MR) is 56.2 cm³/mol. The standard InChI is InChI=1S/C11H15N3/c1-10(2)7-11(10,9(12)13)8-3-5-14-6-4-8/h3-6H,7H2,1-2H3,(H3,12,13). The van der Waals surface area contributed by atoms with E-state index in [4.69, 9.17) is 11.1 Å². The number of hydrogen-bond acceptors (Lipinski definition) is 2. The summed E-state index contributed by atoms with van der Waals surface area (Å²) in [7, 11) is 0. The van der Waals surface area contributed by atoms with Gasteiger partial charge in [-0.15, -0.1) is 0 Å². The SMILES string of the molecule is CC1(C)CC1(C(=N)N)c1ccncc1. The molecule has 2 rings (SSSR count). The number of aromatic nitrogens is 1. The monoisotopic (exact) mass is 189 g/mol. The van der Waals surface area contributed by atoms with E-state index in [1.54, 1.807) is 12.4 Å². The molecular weight excluding hydrogens is 174 g/mol. The highest BCUT2D eigenvalue weighted by Crippen LogP contribution is 2.64. The van der Waals surface area contributed by atoms with E-state index in [1.165, 1.54) is 0 Å². The number of amidine groups is 1. The molecule has 1 aliphatic rings. The molecule has 1 atom stereocenters. The van der Waals surface area contributed by atoms with Crippen molar-refractivity contribution in [2.24, 2.45) is 11.1 Å². The Labute approximate surface area is 83.9 Å². The van der Waals surface area contributed by atoms with Crippen LogP contribution in [0.4, 0.5) is 0 Å². The Kier molecular flexibility index (Phi) is 1.68. The zero-order valence-corrected chi connectivity index (χ0v) is 8.54. The van der Waals surface area contributed by atoms with Gasteiger partial charge in [-0.1, -0.05) is 13.8 Å². The van der Waals surface area contributed by atoms with Gasteiger partial charge in [-0.2, -0.15) is 0 Å². The van der Waals surface area contributed by atoms with Crippen LogP contribution >= 0.6 is 0 Å². The van der Waals surface area contributed by atoms with Gasteiger partial charge in [0.15, 0.2) is 0 Å². The van der Waals surface area contributed by atoms with Gasteiger partial charge in [0, 0.05) is 12.4 Å². The highest BCUT2D eigenvalue weighted by atomic mass is 14.8. The summed E-state index contributed by atoms with van der Waals surface area (Å²) in [5.74, 6) is 0.272. The van der Waals surface area contributed by atoms with E-state index in [-0.39, 0.29) is 16.7 Å². The Morgan fingerprint density at radius 3 is 2.29 bits per heavy atom. The molecule has 1 fully saturated rings. The van der Waals surface area contributed by atoms with Gasteiger partial charge in [-0.3, -0.25) is 10.4 Å². The maximum Gasteiger partial charge on any atom is 0.102 e. The summed E-state index contributed by atoms with van der Waals surface area (Å²) in [6, 6.07) is 3.91. The topological polar surface area (TPSA) is 62.8 Å². The van der Waals surface area contributed by atoms with Crippen molar-refractivity contribution in [3.05, 3.63) is 30.1 Å². The molecule has 1 aliphatic carbocycles. The predicted octanol–water partition coefficient (Wildman–Crippen LogP) is 1.69. The third kappa shape index (κ3) is 0.983. The number of hydrogen-bond donors (Lipinski definition) is 2. The summed E-state index contributed by atoms with van der Waals surface area (Å²) in [5, 5.41) is 7.71. The van der Waals surface area contributed by atoms with Crippen LogP contribution in [0.15, 0.2) is 24.5 Å². The molecule has 0 aromatic carbocycles. The first-order valence-corrected chi connectivity index (χ1v) is 4.76. The lowest BCUT2D eigenvalue weighted by Crippen LogP contribution is -2.32. The summed E-state index contributed by atoms with van der Waals surface area (Å²) in [6.07, 6.45) is 4.47. The molecule has 3 N–H and O–H groups in total. The molecule has 3 heteroatoms. The van der Waals surface area contributed by atoms with Crippen molar-refractivity contribution in [1.82, 2.24) is 4.98 Å². The van der Waals surface area contributed by atoms with Crippen molar-refractivity contribution in [1.29, 1.82) is 5.41 Å². The van der Waals surface area contributed by atoms with Crippen LogP contribution in [0.2, 0.25) is 0 Å². The molecule has 14 heavy (non-hydrogen) atoms. The van der Waals surface area contributed by atoms with Gasteiger partial charge < -0.3 is 5.73 Å². The Morgan fingerprint density at radius 1 is 1.43 bits per heavy atom. The number of nitrogens with zero attached hydrogens (tertiary/aromatic N) is 1. The molecule has 74 valence electrons. The summed E-state index contributed by atoms with van der Waals surface area (Å²) < 4.78 is 0.